The highest BCUT2D eigenvalue weighted by Gasteiger charge is 2.24. The van der Waals surface area contributed by atoms with Crippen LogP contribution in [0.5, 0.6) is 0 Å². The highest BCUT2D eigenvalue weighted by Crippen LogP contribution is 2.27. The molecule has 3 heterocycles. The molecule has 7 nitrogen and oxygen atoms in total. The van der Waals surface area contributed by atoms with Gasteiger partial charge in [-0.25, -0.2) is 4.98 Å². The van der Waals surface area contributed by atoms with E-state index >= 15 is 0 Å². The molecule has 27 heavy (non-hydrogen) atoms. The molecule has 1 N–H and O–H groups in total. The van der Waals surface area contributed by atoms with Gasteiger partial charge in [0.15, 0.2) is 0 Å². The maximum Gasteiger partial charge on any atom is 0.307 e. The zero-order chi connectivity index (χ0) is 18.6. The second-order valence-electron chi connectivity index (χ2n) is 7.15. The van der Waals surface area contributed by atoms with Crippen LogP contribution in [0.1, 0.15) is 36.6 Å². The van der Waals surface area contributed by atoms with Crippen LogP contribution in [0.25, 0.3) is 11.0 Å². The first kappa shape index (κ1) is 17.7. The van der Waals surface area contributed by atoms with Crippen molar-refractivity contribution < 1.29 is 9.53 Å². The average molecular weight is 367 g/mol. The highest BCUT2D eigenvalue weighted by atomic mass is 16.5. The first-order valence-electron chi connectivity index (χ1n) is 9.46. The molecule has 1 aromatic carbocycles. The molecular weight excluding hydrogens is 342 g/mol. The van der Waals surface area contributed by atoms with Gasteiger partial charge < -0.3 is 9.72 Å². The Hall–Kier alpha value is -2.67. The number of aromatic nitrogens is 4. The summed E-state index contributed by atoms with van der Waals surface area (Å²) in [6.45, 7) is 3.50. The Morgan fingerprint density at radius 1 is 1.37 bits per heavy atom. The fraction of sp³-hybridized carbons (Fsp3) is 0.450. The molecule has 0 bridgehead atoms. The fourth-order valence-electron chi connectivity index (χ4n) is 3.76. The Morgan fingerprint density at radius 3 is 3.11 bits per heavy atom. The van der Waals surface area contributed by atoms with Gasteiger partial charge >= 0.3 is 5.97 Å². The number of aryl methyl sites for hydroxylation is 1. The molecule has 1 aliphatic rings. The zero-order valence-electron chi connectivity index (χ0n) is 15.6. The summed E-state index contributed by atoms with van der Waals surface area (Å²) < 4.78 is 6.49. The molecule has 0 spiro atoms. The largest absolute Gasteiger partial charge is 0.469 e. The number of nitrogens with zero attached hydrogens (tertiary/aromatic N) is 4. The standard InChI is InChI=1S/C20H25N5O2/c1-27-19(26)8-10-25-13-15(11-21-25)12-24-9-4-5-16(14-24)20-22-17-6-2-3-7-18(17)23-20/h2-3,6-7,11,13,16H,4-5,8-10,12,14H2,1H3,(H,22,23)/t16-/m1/s1. The van der Waals surface area contributed by atoms with E-state index in [0.717, 1.165) is 49.3 Å². The molecule has 1 saturated heterocycles. The maximum absolute atomic E-state index is 11.3. The van der Waals surface area contributed by atoms with E-state index in [9.17, 15) is 4.79 Å². The summed E-state index contributed by atoms with van der Waals surface area (Å²) in [5, 5.41) is 4.36. The predicted octanol–water partition coefficient (Wildman–Crippen LogP) is 2.70. The van der Waals surface area contributed by atoms with Gasteiger partial charge in [-0.2, -0.15) is 5.10 Å². The van der Waals surface area contributed by atoms with Gasteiger partial charge in [-0.05, 0) is 31.5 Å². The third-order valence-corrected chi connectivity index (χ3v) is 5.17. The van der Waals surface area contributed by atoms with E-state index < -0.39 is 0 Å². The summed E-state index contributed by atoms with van der Waals surface area (Å²) in [6, 6.07) is 8.20. The predicted molar refractivity (Wildman–Crippen MR) is 102 cm³/mol. The number of H-pyrrole nitrogens is 1. The monoisotopic (exact) mass is 367 g/mol. The second kappa shape index (κ2) is 7.92. The lowest BCUT2D eigenvalue weighted by atomic mass is 9.97. The molecule has 1 aliphatic heterocycles. The number of ether oxygens (including phenoxy) is 1. The minimum Gasteiger partial charge on any atom is -0.469 e. The van der Waals surface area contributed by atoms with Crippen LogP contribution < -0.4 is 0 Å². The molecule has 0 unspecified atom stereocenters. The first-order valence-corrected chi connectivity index (χ1v) is 9.46. The van der Waals surface area contributed by atoms with Gasteiger partial charge in [0.25, 0.3) is 0 Å². The van der Waals surface area contributed by atoms with Crippen molar-refractivity contribution >= 4 is 17.0 Å². The van der Waals surface area contributed by atoms with Crippen molar-refractivity contribution in [2.75, 3.05) is 20.2 Å². The van der Waals surface area contributed by atoms with Crippen molar-refractivity contribution in [1.82, 2.24) is 24.6 Å². The first-order chi connectivity index (χ1) is 13.2. The summed E-state index contributed by atoms with van der Waals surface area (Å²) in [6.07, 6.45) is 6.58. The molecule has 3 aromatic rings. The smallest absolute Gasteiger partial charge is 0.307 e. The number of likely N-dealkylation sites (tertiary alicyclic amines) is 1. The van der Waals surface area contributed by atoms with Gasteiger partial charge in [-0.3, -0.25) is 14.4 Å². The molecule has 1 atom stereocenters. The van der Waals surface area contributed by atoms with Crippen LogP contribution in [0, 0.1) is 0 Å². The number of fused-ring (bicyclic) bond motifs is 1. The molecular formula is C20H25N5O2. The minimum atomic E-state index is -0.211. The quantitative estimate of drug-likeness (QED) is 0.678. The molecule has 4 rings (SSSR count). The van der Waals surface area contributed by atoms with Crippen LogP contribution in [0.15, 0.2) is 36.7 Å². The van der Waals surface area contributed by atoms with Gasteiger partial charge in [0.05, 0.1) is 37.3 Å². The minimum absolute atomic E-state index is 0.211. The summed E-state index contributed by atoms with van der Waals surface area (Å²) in [5.74, 6) is 1.31. The number of piperidine rings is 1. The van der Waals surface area contributed by atoms with Crippen molar-refractivity contribution in [3.63, 3.8) is 0 Å². The number of aromatic amines is 1. The van der Waals surface area contributed by atoms with Gasteiger partial charge in [0, 0.05) is 30.8 Å². The second-order valence-corrected chi connectivity index (χ2v) is 7.15. The number of imidazole rings is 1. The van der Waals surface area contributed by atoms with Crippen LogP contribution in [0.2, 0.25) is 0 Å². The van der Waals surface area contributed by atoms with E-state index in [2.05, 4.69) is 31.9 Å². The third-order valence-electron chi connectivity index (χ3n) is 5.17. The van der Waals surface area contributed by atoms with E-state index in [0.29, 0.717) is 18.9 Å². The van der Waals surface area contributed by atoms with Crippen LogP contribution in [-0.2, 0) is 22.6 Å². The van der Waals surface area contributed by atoms with Crippen molar-refractivity contribution in [2.45, 2.75) is 38.3 Å². The number of carbonyl (C=O) groups excluding carboxylic acids is 1. The van der Waals surface area contributed by atoms with E-state index in [-0.39, 0.29) is 5.97 Å². The number of benzene rings is 1. The molecule has 2 aromatic heterocycles. The Balaban J connectivity index is 1.37. The molecule has 7 heteroatoms. The lowest BCUT2D eigenvalue weighted by Gasteiger charge is -2.31. The molecule has 142 valence electrons. The van der Waals surface area contributed by atoms with E-state index in [1.165, 1.54) is 12.7 Å². The number of rotatable bonds is 6. The van der Waals surface area contributed by atoms with Crippen molar-refractivity contribution in [3.05, 3.63) is 48.0 Å². The topological polar surface area (TPSA) is 76.0 Å². The lowest BCUT2D eigenvalue weighted by molar-refractivity contribution is -0.140. The summed E-state index contributed by atoms with van der Waals surface area (Å²) in [7, 11) is 1.41. The van der Waals surface area contributed by atoms with Crippen molar-refractivity contribution in [2.24, 2.45) is 0 Å². The van der Waals surface area contributed by atoms with E-state index in [4.69, 9.17) is 4.98 Å². The SMILES string of the molecule is COC(=O)CCn1cc(CN2CCC[C@@H](c3nc4ccccc4[nH]3)C2)cn1. The van der Waals surface area contributed by atoms with E-state index in [1.54, 1.807) is 0 Å². The summed E-state index contributed by atoms with van der Waals surface area (Å²) in [5.41, 5.74) is 3.32. The van der Waals surface area contributed by atoms with Gasteiger partial charge in [-0.15, -0.1) is 0 Å². The maximum atomic E-state index is 11.3. The molecule has 0 aliphatic carbocycles. The number of hydrogen-bond acceptors (Lipinski definition) is 5. The molecule has 0 saturated carbocycles. The van der Waals surface area contributed by atoms with Crippen LogP contribution in [-0.4, -0.2) is 50.8 Å². The highest BCUT2D eigenvalue weighted by molar-refractivity contribution is 5.74. The summed E-state index contributed by atoms with van der Waals surface area (Å²) >= 11 is 0. The number of methoxy groups -OCH3 is 1. The van der Waals surface area contributed by atoms with Crippen LogP contribution in [0.4, 0.5) is 0 Å². The van der Waals surface area contributed by atoms with Crippen LogP contribution in [0.3, 0.4) is 0 Å². The molecule has 0 radical (unpaired) electrons. The fourth-order valence-corrected chi connectivity index (χ4v) is 3.76. The Bertz CT molecular complexity index is 883. The van der Waals surface area contributed by atoms with Gasteiger partial charge in [-0.1, -0.05) is 12.1 Å². The number of para-hydroxylation sites is 2. The Labute approximate surface area is 158 Å². The van der Waals surface area contributed by atoms with Crippen LogP contribution >= 0.6 is 0 Å². The van der Waals surface area contributed by atoms with Gasteiger partial charge in [0.2, 0.25) is 0 Å². The van der Waals surface area contributed by atoms with E-state index in [1.807, 2.05) is 29.2 Å². The zero-order valence-corrected chi connectivity index (χ0v) is 15.6. The third kappa shape index (κ3) is 4.19. The number of esters is 1. The lowest BCUT2D eigenvalue weighted by Crippen LogP contribution is -2.34. The van der Waals surface area contributed by atoms with Crippen molar-refractivity contribution in [1.29, 1.82) is 0 Å². The normalized spacial score (nSPS) is 18.0. The Kier molecular flexibility index (Phi) is 5.20. The molecule has 0 amide bonds. The average Bonchev–Trinajstić information content (AvgIpc) is 3.33. The summed E-state index contributed by atoms with van der Waals surface area (Å²) in [4.78, 5) is 22.0. The molecule has 1 fully saturated rings. The Morgan fingerprint density at radius 2 is 2.26 bits per heavy atom. The van der Waals surface area contributed by atoms with Gasteiger partial charge in [0.1, 0.15) is 5.82 Å². The number of nitrogens with one attached hydrogen (secondary N) is 1. The van der Waals surface area contributed by atoms with Crippen molar-refractivity contribution in [3.8, 4) is 0 Å². The number of hydrogen-bond donors (Lipinski definition) is 1. The number of carbonyl (C=O) groups is 1.